The second-order valence-electron chi connectivity index (χ2n) is 5.16. The summed E-state index contributed by atoms with van der Waals surface area (Å²) in [6, 6.07) is 15.6. The maximum absolute atomic E-state index is 11.8. The first-order valence-electron chi connectivity index (χ1n) is 7.15. The van der Waals surface area contributed by atoms with Crippen LogP contribution in [0.1, 0.15) is 23.6 Å². The Hall–Kier alpha value is -2.62. The minimum atomic E-state index is -0.281. The van der Waals surface area contributed by atoms with Gasteiger partial charge in [0.1, 0.15) is 5.75 Å². The van der Waals surface area contributed by atoms with Crippen LogP contribution >= 0.6 is 0 Å². The Balaban J connectivity index is 1.89. The van der Waals surface area contributed by atoms with Gasteiger partial charge in [-0.2, -0.15) is 5.10 Å². The van der Waals surface area contributed by atoms with Crippen LogP contribution in [0, 0.1) is 13.8 Å². The maximum Gasteiger partial charge on any atom is 0.277 e. The first kappa shape index (κ1) is 15.8. The van der Waals surface area contributed by atoms with Crippen molar-refractivity contribution in [3.63, 3.8) is 0 Å². The van der Waals surface area contributed by atoms with Crippen LogP contribution in [0.25, 0.3) is 0 Å². The van der Waals surface area contributed by atoms with Crippen LogP contribution < -0.4 is 10.2 Å². The molecule has 0 fully saturated rings. The maximum atomic E-state index is 11.8. The number of carbonyl (C=O) groups excluding carboxylic acids is 1. The van der Waals surface area contributed by atoms with Crippen molar-refractivity contribution in [1.82, 2.24) is 5.43 Å². The van der Waals surface area contributed by atoms with Crippen molar-refractivity contribution in [2.75, 3.05) is 6.61 Å². The van der Waals surface area contributed by atoms with E-state index in [1.807, 2.05) is 69.3 Å². The van der Waals surface area contributed by atoms with Crippen molar-refractivity contribution < 1.29 is 9.53 Å². The number of nitrogens with zero attached hydrogens (tertiary/aromatic N) is 1. The molecule has 0 saturated carbocycles. The highest BCUT2D eigenvalue weighted by molar-refractivity contribution is 5.99. The fourth-order valence-electron chi connectivity index (χ4n) is 1.93. The molecule has 0 bridgehead atoms. The van der Waals surface area contributed by atoms with E-state index < -0.39 is 0 Å². The van der Waals surface area contributed by atoms with Crippen LogP contribution in [0.5, 0.6) is 5.75 Å². The minimum Gasteiger partial charge on any atom is -0.483 e. The van der Waals surface area contributed by atoms with Crippen LogP contribution in [0.4, 0.5) is 0 Å². The fraction of sp³-hybridized carbons (Fsp3) is 0.222. The van der Waals surface area contributed by atoms with E-state index in [1.165, 1.54) is 0 Å². The van der Waals surface area contributed by atoms with Gasteiger partial charge in [-0.25, -0.2) is 5.43 Å². The summed E-state index contributed by atoms with van der Waals surface area (Å²) in [5.41, 5.74) is 6.33. The van der Waals surface area contributed by atoms with Crippen LogP contribution in [-0.4, -0.2) is 18.2 Å². The standard InChI is InChI=1S/C18H20N2O2/c1-13-9-10-14(2)17(11-13)22-12-18(21)20-19-15(3)16-7-5-4-6-8-16/h4-11H,12H2,1-3H3,(H,20,21). The zero-order chi connectivity index (χ0) is 15.9. The second kappa shape index (κ2) is 7.41. The molecule has 0 heterocycles. The predicted octanol–water partition coefficient (Wildman–Crippen LogP) is 3.22. The van der Waals surface area contributed by atoms with Gasteiger partial charge in [0.25, 0.3) is 5.91 Å². The highest BCUT2D eigenvalue weighted by atomic mass is 16.5. The van der Waals surface area contributed by atoms with Crippen LogP contribution in [-0.2, 0) is 4.79 Å². The van der Waals surface area contributed by atoms with Gasteiger partial charge >= 0.3 is 0 Å². The van der Waals surface area contributed by atoms with E-state index in [0.29, 0.717) is 0 Å². The van der Waals surface area contributed by atoms with Crippen molar-refractivity contribution in [3.8, 4) is 5.75 Å². The number of nitrogens with one attached hydrogen (secondary N) is 1. The van der Waals surface area contributed by atoms with Crippen molar-refractivity contribution in [1.29, 1.82) is 0 Å². The Morgan fingerprint density at radius 2 is 1.86 bits per heavy atom. The first-order chi connectivity index (χ1) is 10.6. The molecule has 2 aromatic carbocycles. The van der Waals surface area contributed by atoms with Gasteiger partial charge in [-0.1, -0.05) is 42.5 Å². The van der Waals surface area contributed by atoms with E-state index in [4.69, 9.17) is 4.74 Å². The topological polar surface area (TPSA) is 50.7 Å². The number of aryl methyl sites for hydroxylation is 2. The molecule has 0 aromatic heterocycles. The Kier molecular flexibility index (Phi) is 5.31. The van der Waals surface area contributed by atoms with Gasteiger partial charge in [-0.15, -0.1) is 0 Å². The van der Waals surface area contributed by atoms with Gasteiger partial charge < -0.3 is 4.74 Å². The molecule has 2 aromatic rings. The summed E-state index contributed by atoms with van der Waals surface area (Å²) in [5, 5.41) is 4.08. The van der Waals surface area contributed by atoms with Crippen LogP contribution in [0.15, 0.2) is 53.6 Å². The summed E-state index contributed by atoms with van der Waals surface area (Å²) in [7, 11) is 0. The van der Waals surface area contributed by atoms with Gasteiger partial charge in [0, 0.05) is 0 Å². The molecule has 0 radical (unpaired) electrons. The van der Waals surface area contributed by atoms with E-state index >= 15 is 0 Å². The third kappa shape index (κ3) is 4.45. The number of rotatable bonds is 5. The summed E-state index contributed by atoms with van der Waals surface area (Å²) in [4.78, 5) is 11.8. The Morgan fingerprint density at radius 1 is 1.14 bits per heavy atom. The molecule has 0 unspecified atom stereocenters. The third-order valence-corrected chi connectivity index (χ3v) is 3.24. The number of ether oxygens (including phenoxy) is 1. The van der Waals surface area contributed by atoms with Gasteiger partial charge in [-0.05, 0) is 43.5 Å². The quantitative estimate of drug-likeness (QED) is 0.680. The number of hydrazone groups is 1. The molecule has 4 heteroatoms. The predicted molar refractivity (Wildman–Crippen MR) is 88.2 cm³/mol. The Morgan fingerprint density at radius 3 is 2.59 bits per heavy atom. The Bertz CT molecular complexity index is 679. The lowest BCUT2D eigenvalue weighted by Crippen LogP contribution is -2.25. The second-order valence-corrected chi connectivity index (χ2v) is 5.16. The highest BCUT2D eigenvalue weighted by Crippen LogP contribution is 2.18. The molecular formula is C18H20N2O2. The summed E-state index contributed by atoms with van der Waals surface area (Å²) in [5.74, 6) is 0.440. The van der Waals surface area contributed by atoms with Gasteiger partial charge in [0.2, 0.25) is 0 Å². The number of benzene rings is 2. The smallest absolute Gasteiger partial charge is 0.277 e. The first-order valence-corrected chi connectivity index (χ1v) is 7.15. The van der Waals surface area contributed by atoms with Crippen molar-refractivity contribution >= 4 is 11.6 Å². The zero-order valence-corrected chi connectivity index (χ0v) is 13.1. The lowest BCUT2D eigenvalue weighted by atomic mass is 10.1. The lowest BCUT2D eigenvalue weighted by Gasteiger charge is -2.09. The normalized spacial score (nSPS) is 11.1. The summed E-state index contributed by atoms with van der Waals surface area (Å²) in [6.07, 6.45) is 0. The number of hydrogen-bond donors (Lipinski definition) is 1. The van der Waals surface area contributed by atoms with Gasteiger partial charge in [-0.3, -0.25) is 4.79 Å². The molecule has 0 spiro atoms. The summed E-state index contributed by atoms with van der Waals surface area (Å²) < 4.78 is 5.54. The molecule has 0 aliphatic rings. The molecule has 0 aliphatic carbocycles. The minimum absolute atomic E-state index is 0.0597. The van der Waals surface area contributed by atoms with E-state index in [0.717, 1.165) is 28.2 Å². The molecule has 114 valence electrons. The molecule has 4 nitrogen and oxygen atoms in total. The molecule has 22 heavy (non-hydrogen) atoms. The van der Waals surface area contributed by atoms with Crippen LogP contribution in [0.3, 0.4) is 0 Å². The molecule has 2 rings (SSSR count). The monoisotopic (exact) mass is 296 g/mol. The van der Waals surface area contributed by atoms with E-state index in [2.05, 4.69) is 10.5 Å². The van der Waals surface area contributed by atoms with Crippen molar-refractivity contribution in [3.05, 3.63) is 65.2 Å². The molecule has 0 atom stereocenters. The SMILES string of the molecule is CC(=NNC(=O)COc1cc(C)ccc1C)c1ccccc1. The van der Waals surface area contributed by atoms with E-state index in [1.54, 1.807) is 0 Å². The fourth-order valence-corrected chi connectivity index (χ4v) is 1.93. The lowest BCUT2D eigenvalue weighted by molar-refractivity contribution is -0.123. The molecule has 0 aliphatic heterocycles. The number of carbonyl (C=O) groups is 1. The molecular weight excluding hydrogens is 276 g/mol. The zero-order valence-electron chi connectivity index (χ0n) is 13.1. The highest BCUT2D eigenvalue weighted by Gasteiger charge is 2.05. The molecule has 1 N–H and O–H groups in total. The Labute approximate surface area is 130 Å². The van der Waals surface area contributed by atoms with Crippen LogP contribution in [0.2, 0.25) is 0 Å². The van der Waals surface area contributed by atoms with Crippen molar-refractivity contribution in [2.24, 2.45) is 5.10 Å². The average molecular weight is 296 g/mol. The van der Waals surface area contributed by atoms with Crippen molar-refractivity contribution in [2.45, 2.75) is 20.8 Å². The van der Waals surface area contributed by atoms with Gasteiger partial charge in [0.05, 0.1) is 5.71 Å². The summed E-state index contributed by atoms with van der Waals surface area (Å²) >= 11 is 0. The molecule has 0 saturated heterocycles. The third-order valence-electron chi connectivity index (χ3n) is 3.24. The largest absolute Gasteiger partial charge is 0.483 e. The average Bonchev–Trinajstić information content (AvgIpc) is 2.54. The molecule has 1 amide bonds. The van der Waals surface area contributed by atoms with E-state index in [9.17, 15) is 4.79 Å². The van der Waals surface area contributed by atoms with Gasteiger partial charge in [0.15, 0.2) is 6.61 Å². The number of hydrogen-bond acceptors (Lipinski definition) is 3. The number of amides is 1. The van der Waals surface area contributed by atoms with E-state index in [-0.39, 0.29) is 12.5 Å². The summed E-state index contributed by atoms with van der Waals surface area (Å²) in [6.45, 7) is 5.72.